The van der Waals surface area contributed by atoms with Crippen LogP contribution in [0, 0.1) is 5.41 Å². The molecule has 0 saturated heterocycles. The number of oxime groups is 1. The van der Waals surface area contributed by atoms with Gasteiger partial charge in [0, 0.05) is 6.20 Å². The van der Waals surface area contributed by atoms with Crippen LogP contribution < -0.4 is 10.5 Å². The quantitative estimate of drug-likeness (QED) is 0.363. The topological polar surface area (TPSA) is 80.7 Å². The van der Waals surface area contributed by atoms with Crippen molar-refractivity contribution >= 4 is 5.84 Å². The molecule has 0 aliphatic rings. The van der Waals surface area contributed by atoms with Gasteiger partial charge in [0.2, 0.25) is 5.88 Å². The van der Waals surface area contributed by atoms with E-state index >= 15 is 0 Å². The predicted octanol–water partition coefficient (Wildman–Crippen LogP) is 1.99. The number of pyridine rings is 1. The van der Waals surface area contributed by atoms with Crippen molar-refractivity contribution in [1.82, 2.24) is 4.98 Å². The molecule has 5 nitrogen and oxygen atoms in total. The van der Waals surface area contributed by atoms with Crippen LogP contribution in [-0.4, -0.2) is 22.6 Å². The number of nitrogens with zero attached hydrogens (tertiary/aromatic N) is 2. The molecule has 1 aromatic heterocycles. The van der Waals surface area contributed by atoms with Crippen LogP contribution in [0.3, 0.4) is 0 Å². The molecule has 0 unspecified atom stereocenters. The van der Waals surface area contributed by atoms with Gasteiger partial charge in [-0.1, -0.05) is 25.9 Å². The normalized spacial score (nSPS) is 12.5. The second-order valence-electron chi connectivity index (χ2n) is 5.00. The van der Waals surface area contributed by atoms with Gasteiger partial charge in [-0.2, -0.15) is 0 Å². The number of nitrogens with two attached hydrogens (primary N) is 1. The molecule has 1 rings (SSSR count). The lowest BCUT2D eigenvalue weighted by Gasteiger charge is -2.18. The molecule has 0 fully saturated rings. The van der Waals surface area contributed by atoms with Crippen LogP contribution >= 0.6 is 0 Å². The van der Waals surface area contributed by atoms with E-state index in [2.05, 4.69) is 30.9 Å². The van der Waals surface area contributed by atoms with Gasteiger partial charge in [-0.15, -0.1) is 0 Å². The standard InChI is InChI=1S/C12H19N3O2/c1-12(2,3)6-8-17-11-9(10(13)15-16)5-4-7-14-11/h4-5,7,16H,6,8H2,1-3H3,(H2,13,15). The zero-order valence-corrected chi connectivity index (χ0v) is 10.5. The first-order chi connectivity index (χ1) is 7.94. The van der Waals surface area contributed by atoms with E-state index in [1.54, 1.807) is 18.3 Å². The zero-order valence-electron chi connectivity index (χ0n) is 10.5. The Bertz CT molecular complexity index is 397. The fourth-order valence-electron chi connectivity index (χ4n) is 1.21. The van der Waals surface area contributed by atoms with E-state index in [0.717, 1.165) is 6.42 Å². The number of amidine groups is 1. The average Bonchev–Trinajstić information content (AvgIpc) is 2.27. The molecule has 0 saturated carbocycles. The summed E-state index contributed by atoms with van der Waals surface area (Å²) in [6.45, 7) is 6.96. The molecule has 0 amide bonds. The van der Waals surface area contributed by atoms with Crippen LogP contribution in [0.25, 0.3) is 0 Å². The SMILES string of the molecule is CC(C)(C)CCOc1ncccc1C(N)=NO. The minimum Gasteiger partial charge on any atom is -0.477 e. The maximum absolute atomic E-state index is 8.65. The van der Waals surface area contributed by atoms with Gasteiger partial charge in [-0.25, -0.2) is 4.98 Å². The van der Waals surface area contributed by atoms with E-state index in [1.807, 2.05) is 0 Å². The number of aromatic nitrogens is 1. The monoisotopic (exact) mass is 237 g/mol. The van der Waals surface area contributed by atoms with E-state index in [1.165, 1.54) is 0 Å². The number of ether oxygens (including phenoxy) is 1. The fourth-order valence-corrected chi connectivity index (χ4v) is 1.21. The van der Waals surface area contributed by atoms with Gasteiger partial charge in [-0.3, -0.25) is 0 Å². The van der Waals surface area contributed by atoms with E-state index < -0.39 is 0 Å². The van der Waals surface area contributed by atoms with E-state index in [4.69, 9.17) is 15.7 Å². The predicted molar refractivity (Wildman–Crippen MR) is 66.3 cm³/mol. The molecule has 0 aromatic carbocycles. The van der Waals surface area contributed by atoms with Crippen LogP contribution in [0.1, 0.15) is 32.8 Å². The molecule has 1 aromatic rings. The lowest BCUT2D eigenvalue weighted by molar-refractivity contribution is 0.236. The average molecular weight is 237 g/mol. The van der Waals surface area contributed by atoms with E-state index in [-0.39, 0.29) is 11.3 Å². The van der Waals surface area contributed by atoms with Gasteiger partial charge in [0.25, 0.3) is 0 Å². The van der Waals surface area contributed by atoms with E-state index in [0.29, 0.717) is 18.1 Å². The van der Waals surface area contributed by atoms with Crippen molar-refractivity contribution in [2.45, 2.75) is 27.2 Å². The summed E-state index contributed by atoms with van der Waals surface area (Å²) < 4.78 is 5.55. The van der Waals surface area contributed by atoms with Crippen molar-refractivity contribution in [2.75, 3.05) is 6.61 Å². The highest BCUT2D eigenvalue weighted by molar-refractivity contribution is 5.98. The molecule has 1 heterocycles. The third kappa shape index (κ3) is 4.30. The first-order valence-electron chi connectivity index (χ1n) is 5.50. The highest BCUT2D eigenvalue weighted by Gasteiger charge is 2.13. The minimum absolute atomic E-state index is 0.00357. The third-order valence-electron chi connectivity index (χ3n) is 2.25. The lowest BCUT2D eigenvalue weighted by atomic mass is 9.93. The second kappa shape index (κ2) is 5.52. The Morgan fingerprint density at radius 3 is 2.82 bits per heavy atom. The van der Waals surface area contributed by atoms with Crippen LogP contribution in [0.2, 0.25) is 0 Å². The second-order valence-corrected chi connectivity index (χ2v) is 5.00. The van der Waals surface area contributed by atoms with Crippen LogP contribution in [0.5, 0.6) is 5.88 Å². The van der Waals surface area contributed by atoms with Crippen molar-refractivity contribution < 1.29 is 9.94 Å². The molecular weight excluding hydrogens is 218 g/mol. The minimum atomic E-state index is 0.00357. The maximum Gasteiger partial charge on any atom is 0.224 e. The summed E-state index contributed by atoms with van der Waals surface area (Å²) in [7, 11) is 0. The summed E-state index contributed by atoms with van der Waals surface area (Å²) in [6, 6.07) is 3.42. The first-order valence-corrected chi connectivity index (χ1v) is 5.50. The summed E-state index contributed by atoms with van der Waals surface area (Å²) in [6.07, 6.45) is 2.51. The molecule has 5 heteroatoms. The maximum atomic E-state index is 8.65. The number of hydrogen-bond donors (Lipinski definition) is 2. The highest BCUT2D eigenvalue weighted by Crippen LogP contribution is 2.20. The summed E-state index contributed by atoms with van der Waals surface area (Å²) in [5.41, 5.74) is 6.24. The molecule has 3 N–H and O–H groups in total. The summed E-state index contributed by atoms with van der Waals surface area (Å²) >= 11 is 0. The highest BCUT2D eigenvalue weighted by atomic mass is 16.5. The summed E-state index contributed by atoms with van der Waals surface area (Å²) in [4.78, 5) is 4.07. The molecule has 0 spiro atoms. The molecule has 94 valence electrons. The Balaban J connectivity index is 2.71. The van der Waals surface area contributed by atoms with Crippen LogP contribution in [-0.2, 0) is 0 Å². The number of rotatable bonds is 4. The molecule has 0 aliphatic heterocycles. The van der Waals surface area contributed by atoms with E-state index in [9.17, 15) is 0 Å². The van der Waals surface area contributed by atoms with Gasteiger partial charge in [0.05, 0.1) is 12.2 Å². The van der Waals surface area contributed by atoms with Gasteiger partial charge in [0.15, 0.2) is 5.84 Å². The molecule has 0 radical (unpaired) electrons. The smallest absolute Gasteiger partial charge is 0.224 e. The van der Waals surface area contributed by atoms with Crippen molar-refractivity contribution in [3.8, 4) is 5.88 Å². The van der Waals surface area contributed by atoms with Gasteiger partial charge in [0.1, 0.15) is 0 Å². The summed E-state index contributed by atoms with van der Waals surface area (Å²) in [5, 5.41) is 11.6. The Morgan fingerprint density at radius 1 is 1.53 bits per heavy atom. The van der Waals surface area contributed by atoms with Crippen molar-refractivity contribution in [3.63, 3.8) is 0 Å². The summed E-state index contributed by atoms with van der Waals surface area (Å²) in [5.74, 6) is 0.399. The van der Waals surface area contributed by atoms with Gasteiger partial charge < -0.3 is 15.7 Å². The zero-order chi connectivity index (χ0) is 12.9. The molecular formula is C12H19N3O2. The van der Waals surface area contributed by atoms with Crippen molar-refractivity contribution in [3.05, 3.63) is 23.9 Å². The van der Waals surface area contributed by atoms with Crippen LogP contribution in [0.4, 0.5) is 0 Å². The molecule has 0 atom stereocenters. The largest absolute Gasteiger partial charge is 0.477 e. The Labute approximate surface area is 101 Å². The Morgan fingerprint density at radius 2 is 2.24 bits per heavy atom. The van der Waals surface area contributed by atoms with Gasteiger partial charge >= 0.3 is 0 Å². The third-order valence-corrected chi connectivity index (χ3v) is 2.25. The van der Waals surface area contributed by atoms with Gasteiger partial charge in [-0.05, 0) is 24.0 Å². The first kappa shape index (κ1) is 13.3. The molecule has 0 aliphatic carbocycles. The molecule has 17 heavy (non-hydrogen) atoms. The Hall–Kier alpha value is -1.78. The Kier molecular flexibility index (Phi) is 4.31. The fraction of sp³-hybridized carbons (Fsp3) is 0.500. The van der Waals surface area contributed by atoms with Crippen molar-refractivity contribution in [1.29, 1.82) is 0 Å². The van der Waals surface area contributed by atoms with Crippen LogP contribution in [0.15, 0.2) is 23.5 Å². The van der Waals surface area contributed by atoms with Crippen molar-refractivity contribution in [2.24, 2.45) is 16.3 Å². The lowest BCUT2D eigenvalue weighted by Crippen LogP contribution is -2.17. The molecule has 0 bridgehead atoms. The number of hydrogen-bond acceptors (Lipinski definition) is 4.